The van der Waals surface area contributed by atoms with Crippen molar-refractivity contribution in [2.75, 3.05) is 13.2 Å². The molecule has 4 rings (SSSR count). The Morgan fingerprint density at radius 3 is 1.37 bits per heavy atom. The van der Waals surface area contributed by atoms with E-state index in [0.717, 1.165) is 46.2 Å². The molecule has 0 unspecified atom stereocenters. The van der Waals surface area contributed by atoms with Crippen LogP contribution in [0.3, 0.4) is 0 Å². The van der Waals surface area contributed by atoms with Crippen LogP contribution in [0.1, 0.15) is 33.4 Å². The lowest BCUT2D eigenvalue weighted by atomic mass is 10.1. The fraction of sp³-hybridized carbons (Fsp3) is 0.242. The molecular weight excluding hydrogens is 476 g/mol. The van der Waals surface area contributed by atoms with E-state index in [0.29, 0.717) is 37.9 Å². The first kappa shape index (κ1) is 27.1. The lowest BCUT2D eigenvalue weighted by molar-refractivity contribution is 0.124. The molecule has 5 nitrogen and oxygen atoms in total. The van der Waals surface area contributed by atoms with Gasteiger partial charge in [0.1, 0.15) is 11.5 Å². The largest absolute Gasteiger partial charge is 0.519 e. The van der Waals surface area contributed by atoms with Crippen LogP contribution in [0, 0.1) is 13.8 Å². The third-order valence-corrected chi connectivity index (χ3v) is 6.16. The summed E-state index contributed by atoms with van der Waals surface area (Å²) < 4.78 is 22.5. The van der Waals surface area contributed by atoms with Gasteiger partial charge >= 0.3 is 6.16 Å². The number of benzene rings is 4. The number of ether oxygens (including phenoxy) is 4. The van der Waals surface area contributed by atoms with E-state index in [9.17, 15) is 4.79 Å². The van der Waals surface area contributed by atoms with Gasteiger partial charge in [0.05, 0.1) is 26.4 Å². The normalized spacial score (nSPS) is 10.8. The highest BCUT2D eigenvalue weighted by Crippen LogP contribution is 2.23. The molecule has 5 heteroatoms. The molecule has 196 valence electrons. The molecule has 0 atom stereocenters. The van der Waals surface area contributed by atoms with Gasteiger partial charge < -0.3 is 18.9 Å². The highest BCUT2D eigenvalue weighted by molar-refractivity contribution is 5.68. The Kier molecular flexibility index (Phi) is 10.1. The lowest BCUT2D eigenvalue weighted by Gasteiger charge is -2.12. The molecule has 0 aliphatic heterocycles. The first-order chi connectivity index (χ1) is 18.6. The molecule has 0 fully saturated rings. The fourth-order valence-corrected chi connectivity index (χ4v) is 4.07. The second-order valence-corrected chi connectivity index (χ2v) is 9.23. The second kappa shape index (κ2) is 14.1. The van der Waals surface area contributed by atoms with E-state index in [-0.39, 0.29) is 0 Å². The summed E-state index contributed by atoms with van der Waals surface area (Å²) in [4.78, 5) is 12.5. The first-order valence-corrected chi connectivity index (χ1v) is 12.9. The van der Waals surface area contributed by atoms with Crippen molar-refractivity contribution in [2.45, 2.75) is 39.9 Å². The molecule has 4 aromatic carbocycles. The second-order valence-electron chi connectivity index (χ2n) is 9.23. The Balaban J connectivity index is 1.20. The van der Waals surface area contributed by atoms with Crippen LogP contribution in [0.25, 0.3) is 0 Å². The van der Waals surface area contributed by atoms with Gasteiger partial charge in [-0.2, -0.15) is 0 Å². The summed E-state index contributed by atoms with van der Waals surface area (Å²) in [5, 5.41) is 0. The Labute approximate surface area is 225 Å². The molecule has 0 radical (unpaired) electrons. The Hall–Kier alpha value is -3.93. The van der Waals surface area contributed by atoms with Crippen LogP contribution in [0.5, 0.6) is 11.5 Å². The van der Waals surface area contributed by atoms with E-state index in [1.54, 1.807) is 12.1 Å². The topological polar surface area (TPSA) is 54.0 Å². The summed E-state index contributed by atoms with van der Waals surface area (Å²) >= 11 is 0. The van der Waals surface area contributed by atoms with Crippen molar-refractivity contribution in [2.24, 2.45) is 0 Å². The SMILES string of the molecule is Cc1cc(CCOCc2ccccc2)ccc1OC(=O)Oc1ccc(CCOCc2ccccc2)cc1C. The monoisotopic (exact) mass is 510 g/mol. The number of aryl methyl sites for hydroxylation is 2. The van der Waals surface area contributed by atoms with Crippen molar-refractivity contribution in [3.8, 4) is 11.5 Å². The van der Waals surface area contributed by atoms with E-state index in [2.05, 4.69) is 24.3 Å². The number of carbonyl (C=O) groups excluding carboxylic acids is 1. The number of hydrogen-bond donors (Lipinski definition) is 0. The Morgan fingerprint density at radius 2 is 0.974 bits per heavy atom. The summed E-state index contributed by atoms with van der Waals surface area (Å²) in [5.74, 6) is 0.961. The lowest BCUT2D eigenvalue weighted by Crippen LogP contribution is -2.15. The van der Waals surface area contributed by atoms with Gasteiger partial charge in [0.2, 0.25) is 0 Å². The van der Waals surface area contributed by atoms with Gasteiger partial charge in [-0.1, -0.05) is 84.9 Å². The Morgan fingerprint density at radius 1 is 0.553 bits per heavy atom. The van der Waals surface area contributed by atoms with E-state index in [1.165, 1.54) is 0 Å². The van der Waals surface area contributed by atoms with Gasteiger partial charge in [-0.25, -0.2) is 4.79 Å². The highest BCUT2D eigenvalue weighted by Gasteiger charge is 2.12. The maximum atomic E-state index is 12.5. The third-order valence-electron chi connectivity index (χ3n) is 6.16. The van der Waals surface area contributed by atoms with Crippen molar-refractivity contribution < 1.29 is 23.7 Å². The van der Waals surface area contributed by atoms with E-state index < -0.39 is 6.16 Å². The maximum Gasteiger partial charge on any atom is 0.519 e. The van der Waals surface area contributed by atoms with E-state index in [1.807, 2.05) is 74.5 Å². The standard InChI is InChI=1S/C33H34O5/c1-25-21-27(17-19-35-23-29-9-5-3-6-10-29)13-15-31(25)37-33(34)38-32-16-14-28(22-26(32)2)18-20-36-24-30-11-7-4-8-12-30/h3-16,21-22H,17-20,23-24H2,1-2H3. The van der Waals surface area contributed by atoms with Crippen molar-refractivity contribution in [3.63, 3.8) is 0 Å². The smallest absolute Gasteiger partial charge is 0.394 e. The van der Waals surface area contributed by atoms with Gasteiger partial charge in [0.15, 0.2) is 0 Å². The van der Waals surface area contributed by atoms with Crippen molar-refractivity contribution >= 4 is 6.16 Å². The highest BCUT2D eigenvalue weighted by atomic mass is 16.7. The van der Waals surface area contributed by atoms with Crippen molar-refractivity contribution in [1.82, 2.24) is 0 Å². The van der Waals surface area contributed by atoms with Crippen molar-refractivity contribution in [3.05, 3.63) is 130 Å². The van der Waals surface area contributed by atoms with Crippen LogP contribution in [0.4, 0.5) is 4.79 Å². The minimum Gasteiger partial charge on any atom is -0.394 e. The molecule has 4 aromatic rings. The third kappa shape index (κ3) is 8.58. The van der Waals surface area contributed by atoms with Crippen LogP contribution >= 0.6 is 0 Å². The van der Waals surface area contributed by atoms with E-state index in [4.69, 9.17) is 18.9 Å². The predicted molar refractivity (Wildman–Crippen MR) is 149 cm³/mol. The van der Waals surface area contributed by atoms with Gasteiger partial charge in [0.25, 0.3) is 0 Å². The van der Waals surface area contributed by atoms with Gasteiger partial charge in [0, 0.05) is 0 Å². The average Bonchev–Trinajstić information content (AvgIpc) is 2.93. The molecule has 0 amide bonds. The van der Waals surface area contributed by atoms with Crippen LogP contribution in [-0.4, -0.2) is 19.4 Å². The molecule has 0 N–H and O–H groups in total. The van der Waals surface area contributed by atoms with Crippen LogP contribution in [0.2, 0.25) is 0 Å². The summed E-state index contributed by atoms with van der Waals surface area (Å²) in [6, 6.07) is 31.7. The molecule has 38 heavy (non-hydrogen) atoms. The zero-order valence-electron chi connectivity index (χ0n) is 22.0. The molecular formula is C33H34O5. The van der Waals surface area contributed by atoms with Crippen LogP contribution < -0.4 is 9.47 Å². The summed E-state index contributed by atoms with van der Waals surface area (Å²) in [6.45, 7) is 6.24. The molecule has 0 saturated carbocycles. The van der Waals surface area contributed by atoms with Crippen LogP contribution in [0.15, 0.2) is 97.1 Å². The summed E-state index contributed by atoms with van der Waals surface area (Å²) in [5.41, 5.74) is 6.29. The minimum absolute atomic E-state index is 0.480. The first-order valence-electron chi connectivity index (χ1n) is 12.9. The number of rotatable bonds is 12. The fourth-order valence-electron chi connectivity index (χ4n) is 4.07. The van der Waals surface area contributed by atoms with E-state index >= 15 is 0 Å². The maximum absolute atomic E-state index is 12.5. The molecule has 0 aromatic heterocycles. The summed E-state index contributed by atoms with van der Waals surface area (Å²) in [7, 11) is 0. The van der Waals surface area contributed by atoms with Crippen LogP contribution in [-0.2, 0) is 35.5 Å². The van der Waals surface area contributed by atoms with Gasteiger partial charge in [-0.3, -0.25) is 0 Å². The number of hydrogen-bond acceptors (Lipinski definition) is 5. The summed E-state index contributed by atoms with van der Waals surface area (Å²) in [6.07, 6.45) is 0.803. The van der Waals surface area contributed by atoms with Gasteiger partial charge in [-0.15, -0.1) is 0 Å². The zero-order chi connectivity index (χ0) is 26.6. The molecule has 0 heterocycles. The van der Waals surface area contributed by atoms with Crippen molar-refractivity contribution in [1.29, 1.82) is 0 Å². The molecule has 0 aliphatic carbocycles. The predicted octanol–water partition coefficient (Wildman–Crippen LogP) is 7.40. The molecule has 0 aliphatic rings. The quantitative estimate of drug-likeness (QED) is 0.113. The Bertz CT molecular complexity index is 1200. The molecule has 0 spiro atoms. The minimum atomic E-state index is -0.755. The van der Waals surface area contributed by atoms with Gasteiger partial charge in [-0.05, 0) is 72.2 Å². The average molecular weight is 511 g/mol. The molecule has 0 bridgehead atoms. The zero-order valence-corrected chi connectivity index (χ0v) is 22.0. The molecule has 0 saturated heterocycles. The number of carbonyl (C=O) groups is 1.